The van der Waals surface area contributed by atoms with E-state index in [4.69, 9.17) is 4.74 Å². The molecule has 1 unspecified atom stereocenters. The van der Waals surface area contributed by atoms with Crippen LogP contribution in [0.2, 0.25) is 0 Å². The van der Waals surface area contributed by atoms with E-state index in [0.717, 1.165) is 49.5 Å². The number of benzene rings is 1. The Kier molecular flexibility index (Phi) is 7.82. The molecule has 0 aromatic heterocycles. The Morgan fingerprint density at radius 3 is 3.09 bits per heavy atom. The standard InChI is InChI=1S/C17H25N3OS.HI/c1-18-17(20-12-15-3-2-10-22-15)19-8-6-13-4-5-16-14(11-13)7-9-21-16;/h4-5,11,15H,2-3,6-10,12H2,1H3,(H2,18,19,20);1H. The van der Waals surface area contributed by atoms with Crippen molar-refractivity contribution in [2.75, 3.05) is 32.5 Å². The fourth-order valence-corrected chi connectivity index (χ4v) is 4.16. The van der Waals surface area contributed by atoms with Gasteiger partial charge in [-0.1, -0.05) is 12.1 Å². The van der Waals surface area contributed by atoms with E-state index in [1.807, 2.05) is 7.05 Å². The van der Waals surface area contributed by atoms with Crippen LogP contribution in [-0.2, 0) is 12.8 Å². The second-order valence-electron chi connectivity index (χ2n) is 5.81. The Bertz CT molecular complexity index is 533. The van der Waals surface area contributed by atoms with Gasteiger partial charge in [0, 0.05) is 31.8 Å². The first-order valence-corrected chi connectivity index (χ1v) is 9.21. The summed E-state index contributed by atoms with van der Waals surface area (Å²) in [4.78, 5) is 4.30. The number of ether oxygens (including phenoxy) is 1. The van der Waals surface area contributed by atoms with Crippen molar-refractivity contribution in [1.82, 2.24) is 10.6 Å². The van der Waals surface area contributed by atoms with Crippen LogP contribution in [0, 0.1) is 0 Å². The van der Waals surface area contributed by atoms with Gasteiger partial charge in [0.15, 0.2) is 5.96 Å². The summed E-state index contributed by atoms with van der Waals surface area (Å²) >= 11 is 2.07. The van der Waals surface area contributed by atoms with Crippen LogP contribution in [0.4, 0.5) is 0 Å². The van der Waals surface area contributed by atoms with E-state index in [9.17, 15) is 0 Å². The van der Waals surface area contributed by atoms with Crippen molar-refractivity contribution in [3.63, 3.8) is 0 Å². The average Bonchev–Trinajstić information content (AvgIpc) is 3.21. The van der Waals surface area contributed by atoms with Crippen molar-refractivity contribution in [3.05, 3.63) is 29.3 Å². The molecule has 1 aromatic carbocycles. The maximum absolute atomic E-state index is 5.55. The molecule has 2 aliphatic rings. The van der Waals surface area contributed by atoms with E-state index in [1.165, 1.54) is 29.7 Å². The monoisotopic (exact) mass is 447 g/mol. The largest absolute Gasteiger partial charge is 0.493 e. The first kappa shape index (κ1) is 18.7. The van der Waals surface area contributed by atoms with Crippen LogP contribution >= 0.6 is 35.7 Å². The van der Waals surface area contributed by atoms with Gasteiger partial charge >= 0.3 is 0 Å². The minimum atomic E-state index is 0. The summed E-state index contributed by atoms with van der Waals surface area (Å²) < 4.78 is 5.55. The lowest BCUT2D eigenvalue weighted by atomic mass is 10.1. The number of rotatable bonds is 5. The Hall–Kier alpha value is -0.630. The molecule has 4 nitrogen and oxygen atoms in total. The molecule has 0 bridgehead atoms. The Morgan fingerprint density at radius 2 is 2.30 bits per heavy atom. The minimum Gasteiger partial charge on any atom is -0.493 e. The van der Waals surface area contributed by atoms with Crippen LogP contribution in [0.1, 0.15) is 24.0 Å². The van der Waals surface area contributed by atoms with E-state index < -0.39 is 0 Å². The van der Waals surface area contributed by atoms with Crippen molar-refractivity contribution in [3.8, 4) is 5.75 Å². The lowest BCUT2D eigenvalue weighted by Gasteiger charge is -2.15. The zero-order valence-electron chi connectivity index (χ0n) is 13.6. The fourth-order valence-electron chi connectivity index (χ4n) is 2.96. The Balaban J connectivity index is 0.00000192. The predicted octanol–water partition coefficient (Wildman–Crippen LogP) is 2.84. The maximum atomic E-state index is 5.55. The molecular formula is C17H26IN3OS. The van der Waals surface area contributed by atoms with Crippen LogP contribution in [0.5, 0.6) is 5.75 Å². The number of hydrogen-bond donors (Lipinski definition) is 2. The minimum absolute atomic E-state index is 0. The highest BCUT2D eigenvalue weighted by molar-refractivity contribution is 14.0. The number of nitrogens with one attached hydrogen (secondary N) is 2. The Labute approximate surface area is 160 Å². The number of hydrogen-bond acceptors (Lipinski definition) is 3. The molecular weight excluding hydrogens is 421 g/mol. The zero-order valence-corrected chi connectivity index (χ0v) is 16.8. The number of nitrogens with zero attached hydrogens (tertiary/aromatic N) is 1. The van der Waals surface area contributed by atoms with Crippen molar-refractivity contribution >= 4 is 41.7 Å². The molecule has 1 atom stereocenters. The van der Waals surface area contributed by atoms with Gasteiger partial charge < -0.3 is 15.4 Å². The molecule has 1 fully saturated rings. The molecule has 0 amide bonds. The normalized spacial score (nSPS) is 19.7. The molecule has 3 rings (SSSR count). The number of fused-ring (bicyclic) bond motifs is 1. The van der Waals surface area contributed by atoms with Crippen molar-refractivity contribution < 1.29 is 4.74 Å². The first-order chi connectivity index (χ1) is 10.8. The SMILES string of the molecule is CN=C(NCCc1ccc2c(c1)CCO2)NCC1CCCS1.I. The van der Waals surface area contributed by atoms with Crippen LogP contribution < -0.4 is 15.4 Å². The summed E-state index contributed by atoms with van der Waals surface area (Å²) in [7, 11) is 1.84. The molecule has 0 radical (unpaired) electrons. The highest BCUT2D eigenvalue weighted by atomic mass is 127. The van der Waals surface area contributed by atoms with Gasteiger partial charge in [0.2, 0.25) is 0 Å². The van der Waals surface area contributed by atoms with Gasteiger partial charge in [0.25, 0.3) is 0 Å². The van der Waals surface area contributed by atoms with Gasteiger partial charge in [-0.05, 0) is 42.2 Å². The fraction of sp³-hybridized carbons (Fsp3) is 0.588. The van der Waals surface area contributed by atoms with E-state index >= 15 is 0 Å². The van der Waals surface area contributed by atoms with Gasteiger partial charge in [-0.15, -0.1) is 24.0 Å². The van der Waals surface area contributed by atoms with Crippen LogP contribution in [0.3, 0.4) is 0 Å². The highest BCUT2D eigenvalue weighted by Gasteiger charge is 2.15. The molecule has 0 spiro atoms. The summed E-state index contributed by atoms with van der Waals surface area (Å²) in [5.74, 6) is 3.28. The number of halogens is 1. The number of guanidine groups is 1. The van der Waals surface area contributed by atoms with Crippen LogP contribution in [0.15, 0.2) is 23.2 Å². The van der Waals surface area contributed by atoms with Gasteiger partial charge in [-0.2, -0.15) is 11.8 Å². The summed E-state index contributed by atoms with van der Waals surface area (Å²) in [5, 5.41) is 7.59. The summed E-state index contributed by atoms with van der Waals surface area (Å²) in [6, 6.07) is 6.54. The van der Waals surface area contributed by atoms with E-state index in [2.05, 4.69) is 45.6 Å². The van der Waals surface area contributed by atoms with Gasteiger partial charge in [-0.3, -0.25) is 4.99 Å². The molecule has 6 heteroatoms. The molecule has 2 heterocycles. The molecule has 2 aliphatic heterocycles. The van der Waals surface area contributed by atoms with Crippen LogP contribution in [-0.4, -0.2) is 43.7 Å². The van der Waals surface area contributed by atoms with Gasteiger partial charge in [-0.25, -0.2) is 0 Å². The topological polar surface area (TPSA) is 45.7 Å². The molecule has 2 N–H and O–H groups in total. The van der Waals surface area contributed by atoms with E-state index in [1.54, 1.807) is 0 Å². The maximum Gasteiger partial charge on any atom is 0.191 e. The third-order valence-corrected chi connectivity index (χ3v) is 5.60. The summed E-state index contributed by atoms with van der Waals surface area (Å²) in [6.45, 7) is 2.74. The number of thioether (sulfide) groups is 1. The molecule has 23 heavy (non-hydrogen) atoms. The van der Waals surface area contributed by atoms with Crippen molar-refractivity contribution in [2.24, 2.45) is 4.99 Å². The average molecular weight is 447 g/mol. The van der Waals surface area contributed by atoms with Gasteiger partial charge in [0.05, 0.1) is 6.61 Å². The zero-order chi connectivity index (χ0) is 15.2. The third kappa shape index (κ3) is 5.45. The Morgan fingerprint density at radius 1 is 1.39 bits per heavy atom. The summed E-state index contributed by atoms with van der Waals surface area (Å²) in [5.41, 5.74) is 2.71. The van der Waals surface area contributed by atoms with Gasteiger partial charge in [0.1, 0.15) is 5.75 Å². The predicted molar refractivity (Wildman–Crippen MR) is 110 cm³/mol. The molecule has 1 saturated heterocycles. The van der Waals surface area contributed by atoms with Crippen LogP contribution in [0.25, 0.3) is 0 Å². The molecule has 128 valence electrons. The molecule has 0 aliphatic carbocycles. The second-order valence-corrected chi connectivity index (χ2v) is 7.21. The van der Waals surface area contributed by atoms with Crippen molar-refractivity contribution in [1.29, 1.82) is 0 Å². The smallest absolute Gasteiger partial charge is 0.191 e. The highest BCUT2D eigenvalue weighted by Crippen LogP contribution is 2.26. The van der Waals surface area contributed by atoms with E-state index in [0.29, 0.717) is 0 Å². The molecule has 0 saturated carbocycles. The third-order valence-electron chi connectivity index (χ3n) is 4.20. The summed E-state index contributed by atoms with van der Waals surface area (Å²) in [6.07, 6.45) is 4.72. The number of aliphatic imine (C=N–C) groups is 1. The van der Waals surface area contributed by atoms with E-state index in [-0.39, 0.29) is 24.0 Å². The van der Waals surface area contributed by atoms with Crippen molar-refractivity contribution in [2.45, 2.75) is 30.9 Å². The lowest BCUT2D eigenvalue weighted by molar-refractivity contribution is 0.357. The molecule has 1 aromatic rings. The second kappa shape index (κ2) is 9.61. The quantitative estimate of drug-likeness (QED) is 0.414. The first-order valence-electron chi connectivity index (χ1n) is 8.16. The lowest BCUT2D eigenvalue weighted by Crippen LogP contribution is -2.40.